The number of carbonyl (C=O) groups is 2. The third-order valence-electron chi connectivity index (χ3n) is 4.11. The molecule has 0 bridgehead atoms. The predicted octanol–water partition coefficient (Wildman–Crippen LogP) is 3.04. The molecule has 24 heavy (non-hydrogen) atoms. The molecule has 2 heterocycles. The molecule has 5 nitrogen and oxygen atoms in total. The van der Waals surface area contributed by atoms with Gasteiger partial charge in [-0.3, -0.25) is 9.69 Å². The predicted molar refractivity (Wildman–Crippen MR) is 89.8 cm³/mol. The second kappa shape index (κ2) is 6.39. The summed E-state index contributed by atoms with van der Waals surface area (Å²) in [4.78, 5) is 31.0. The molecule has 7 heteroatoms. The summed E-state index contributed by atoms with van der Waals surface area (Å²) in [6.45, 7) is 3.65. The number of esters is 1. The molecule has 1 saturated heterocycles. The van der Waals surface area contributed by atoms with Crippen molar-refractivity contribution in [1.82, 2.24) is 4.90 Å². The molecule has 3 rings (SSSR count). The van der Waals surface area contributed by atoms with Crippen LogP contribution in [-0.2, 0) is 14.3 Å². The van der Waals surface area contributed by atoms with Crippen molar-refractivity contribution in [1.29, 1.82) is 0 Å². The van der Waals surface area contributed by atoms with Gasteiger partial charge in [-0.1, -0.05) is 30.8 Å². The summed E-state index contributed by atoms with van der Waals surface area (Å²) in [6, 6.07) is 5.14. The van der Waals surface area contributed by atoms with E-state index < -0.39 is 12.0 Å². The number of ether oxygens (including phenoxy) is 1. The molecule has 2 aliphatic rings. The Hall–Kier alpha value is -2.15. The van der Waals surface area contributed by atoms with Gasteiger partial charge in [0, 0.05) is 0 Å². The number of rotatable bonds is 3. The van der Waals surface area contributed by atoms with Crippen LogP contribution in [0, 0.1) is 5.82 Å². The molecule has 0 aliphatic carbocycles. The number of amides is 1. The molecule has 1 aromatic rings. The van der Waals surface area contributed by atoms with Crippen LogP contribution in [0.15, 0.2) is 40.5 Å². The van der Waals surface area contributed by atoms with Crippen LogP contribution in [0.4, 0.5) is 4.39 Å². The van der Waals surface area contributed by atoms with Gasteiger partial charge in [0.05, 0.1) is 29.7 Å². The van der Waals surface area contributed by atoms with E-state index in [-0.39, 0.29) is 17.0 Å². The largest absolute Gasteiger partial charge is 0.466 e. The van der Waals surface area contributed by atoms with Gasteiger partial charge in [-0.15, -0.1) is 0 Å². The van der Waals surface area contributed by atoms with Gasteiger partial charge in [-0.2, -0.15) is 0 Å². The second-order valence-corrected chi connectivity index (χ2v) is 6.73. The van der Waals surface area contributed by atoms with E-state index in [1.54, 1.807) is 19.1 Å². The maximum absolute atomic E-state index is 13.3. The van der Waals surface area contributed by atoms with Crippen LogP contribution in [-0.4, -0.2) is 34.3 Å². The zero-order valence-electron chi connectivity index (χ0n) is 13.6. The Kier molecular flexibility index (Phi) is 4.45. The lowest BCUT2D eigenvalue weighted by Gasteiger charge is -2.32. The number of hydrogen-bond donors (Lipinski definition) is 0. The first-order chi connectivity index (χ1) is 11.5. The number of carbonyl (C=O) groups excluding carboxylic acids is 2. The number of amidine groups is 1. The van der Waals surface area contributed by atoms with Gasteiger partial charge < -0.3 is 4.74 Å². The van der Waals surface area contributed by atoms with Crippen molar-refractivity contribution in [2.45, 2.75) is 31.6 Å². The van der Waals surface area contributed by atoms with E-state index in [1.807, 2.05) is 6.92 Å². The highest BCUT2D eigenvalue weighted by molar-refractivity contribution is 8.15. The highest BCUT2D eigenvalue weighted by Crippen LogP contribution is 2.43. The molecule has 1 amide bonds. The quantitative estimate of drug-likeness (QED) is 0.788. The Morgan fingerprint density at radius 3 is 2.62 bits per heavy atom. The number of fused-ring (bicyclic) bond motifs is 1. The first-order valence-corrected chi connectivity index (χ1v) is 8.48. The number of halogens is 1. The zero-order chi connectivity index (χ0) is 17.4. The van der Waals surface area contributed by atoms with E-state index in [4.69, 9.17) is 4.74 Å². The minimum Gasteiger partial charge on any atom is -0.466 e. The molecule has 0 spiro atoms. The van der Waals surface area contributed by atoms with Crippen molar-refractivity contribution in [3.8, 4) is 0 Å². The number of allylic oxidation sites excluding steroid dienone is 1. The van der Waals surface area contributed by atoms with Crippen LogP contribution in [0.5, 0.6) is 0 Å². The molecule has 2 unspecified atom stereocenters. The van der Waals surface area contributed by atoms with Gasteiger partial charge in [0.2, 0.25) is 5.91 Å². The lowest BCUT2D eigenvalue weighted by molar-refractivity contribution is -0.137. The van der Waals surface area contributed by atoms with Crippen LogP contribution < -0.4 is 0 Å². The lowest BCUT2D eigenvalue weighted by Crippen LogP contribution is -2.40. The maximum atomic E-state index is 13.3. The smallest absolute Gasteiger partial charge is 0.338 e. The van der Waals surface area contributed by atoms with Gasteiger partial charge in [0.1, 0.15) is 5.82 Å². The SMILES string of the molecule is CCC1SC2=NC(C)=C(C(=O)OC)C(c3ccc(F)cc3)N2C1=O. The van der Waals surface area contributed by atoms with Crippen molar-refractivity contribution < 1.29 is 18.7 Å². The Bertz CT molecular complexity index is 758. The maximum Gasteiger partial charge on any atom is 0.338 e. The number of aliphatic imine (C=N–C) groups is 1. The number of methoxy groups -OCH3 is 1. The topological polar surface area (TPSA) is 59.0 Å². The minimum atomic E-state index is -0.651. The highest BCUT2D eigenvalue weighted by atomic mass is 32.2. The van der Waals surface area contributed by atoms with E-state index in [1.165, 1.54) is 35.9 Å². The van der Waals surface area contributed by atoms with Crippen molar-refractivity contribution in [2.75, 3.05) is 7.11 Å². The summed E-state index contributed by atoms with van der Waals surface area (Å²) >= 11 is 1.40. The Balaban J connectivity index is 2.15. The molecule has 0 saturated carbocycles. The third-order valence-corrected chi connectivity index (χ3v) is 5.43. The van der Waals surface area contributed by atoms with Crippen molar-refractivity contribution in [3.63, 3.8) is 0 Å². The minimum absolute atomic E-state index is 0.0931. The first kappa shape index (κ1) is 16.7. The number of benzene rings is 1. The fourth-order valence-electron chi connectivity index (χ4n) is 2.92. The van der Waals surface area contributed by atoms with E-state index in [9.17, 15) is 14.0 Å². The van der Waals surface area contributed by atoms with Crippen molar-refractivity contribution in [2.24, 2.45) is 4.99 Å². The van der Waals surface area contributed by atoms with Crippen molar-refractivity contribution in [3.05, 3.63) is 46.9 Å². The molecule has 0 aromatic heterocycles. The van der Waals surface area contributed by atoms with E-state index in [0.29, 0.717) is 28.4 Å². The summed E-state index contributed by atoms with van der Waals surface area (Å²) in [5.74, 6) is -1.01. The number of thioether (sulfide) groups is 1. The van der Waals surface area contributed by atoms with Gasteiger partial charge in [-0.05, 0) is 31.0 Å². The molecule has 1 aromatic carbocycles. The molecular weight excluding hydrogens is 331 g/mol. The van der Waals surface area contributed by atoms with Gasteiger partial charge >= 0.3 is 5.97 Å². The fourth-order valence-corrected chi connectivity index (χ4v) is 4.05. The second-order valence-electron chi connectivity index (χ2n) is 5.56. The van der Waals surface area contributed by atoms with Crippen LogP contribution in [0.25, 0.3) is 0 Å². The van der Waals surface area contributed by atoms with Crippen LogP contribution in [0.2, 0.25) is 0 Å². The molecule has 126 valence electrons. The molecule has 0 radical (unpaired) electrons. The average molecular weight is 348 g/mol. The first-order valence-electron chi connectivity index (χ1n) is 7.60. The summed E-state index contributed by atoms with van der Waals surface area (Å²) in [7, 11) is 1.29. The summed E-state index contributed by atoms with van der Waals surface area (Å²) in [5.41, 5.74) is 1.47. The third kappa shape index (κ3) is 2.62. The highest BCUT2D eigenvalue weighted by Gasteiger charge is 2.47. The number of hydrogen-bond acceptors (Lipinski definition) is 5. The van der Waals surface area contributed by atoms with E-state index in [2.05, 4.69) is 4.99 Å². The Morgan fingerprint density at radius 2 is 2.04 bits per heavy atom. The molecule has 2 aliphatic heterocycles. The van der Waals surface area contributed by atoms with E-state index in [0.717, 1.165) is 0 Å². The standard InChI is InChI=1S/C17H17FN2O3S/c1-4-12-15(21)20-14(10-5-7-11(18)8-6-10)13(16(22)23-3)9(2)19-17(20)24-12/h5-8,12,14H,4H2,1-3H3. The van der Waals surface area contributed by atoms with Gasteiger partial charge in [-0.25, -0.2) is 14.2 Å². The molecule has 2 atom stereocenters. The molecule has 0 N–H and O–H groups in total. The number of nitrogens with zero attached hydrogens (tertiary/aromatic N) is 2. The Labute approximate surface area is 143 Å². The molecular formula is C17H17FN2O3S. The lowest BCUT2D eigenvalue weighted by atomic mass is 9.94. The summed E-state index contributed by atoms with van der Waals surface area (Å²) < 4.78 is 18.2. The molecule has 1 fully saturated rings. The van der Waals surface area contributed by atoms with Crippen LogP contribution in [0.1, 0.15) is 31.9 Å². The van der Waals surface area contributed by atoms with Gasteiger partial charge in [0.25, 0.3) is 0 Å². The summed E-state index contributed by atoms with van der Waals surface area (Å²) in [5, 5.41) is 0.350. The monoisotopic (exact) mass is 348 g/mol. The summed E-state index contributed by atoms with van der Waals surface area (Å²) in [6.07, 6.45) is 0.668. The average Bonchev–Trinajstić information content (AvgIpc) is 2.89. The fraction of sp³-hybridized carbons (Fsp3) is 0.353. The van der Waals surface area contributed by atoms with Crippen molar-refractivity contribution >= 4 is 28.8 Å². The zero-order valence-corrected chi connectivity index (χ0v) is 14.4. The van der Waals surface area contributed by atoms with Crippen LogP contribution in [0.3, 0.4) is 0 Å². The normalized spacial score (nSPS) is 23.2. The van der Waals surface area contributed by atoms with Crippen LogP contribution >= 0.6 is 11.8 Å². The Morgan fingerprint density at radius 1 is 1.38 bits per heavy atom. The van der Waals surface area contributed by atoms with E-state index >= 15 is 0 Å². The van der Waals surface area contributed by atoms with Gasteiger partial charge in [0.15, 0.2) is 5.17 Å².